The van der Waals surface area contributed by atoms with E-state index in [9.17, 15) is 10.1 Å². The van der Waals surface area contributed by atoms with Crippen molar-refractivity contribution in [1.29, 1.82) is 5.26 Å². The van der Waals surface area contributed by atoms with Crippen LogP contribution in [0, 0.1) is 18.3 Å². The number of nitriles is 1. The maximum Gasteiger partial charge on any atom is 0.410 e. The summed E-state index contributed by atoms with van der Waals surface area (Å²) in [5, 5.41) is 12.7. The molecule has 0 aliphatic carbocycles. The Morgan fingerprint density at radius 1 is 1.10 bits per heavy atom. The lowest BCUT2D eigenvalue weighted by molar-refractivity contribution is 0.0767. The fourth-order valence-electron chi connectivity index (χ4n) is 5.99. The van der Waals surface area contributed by atoms with E-state index in [2.05, 4.69) is 54.3 Å². The van der Waals surface area contributed by atoms with Crippen LogP contribution in [0.15, 0.2) is 71.9 Å². The zero-order valence-electron chi connectivity index (χ0n) is 23.8. The van der Waals surface area contributed by atoms with Crippen LogP contribution in [0.4, 0.5) is 10.6 Å². The van der Waals surface area contributed by atoms with Crippen molar-refractivity contribution in [3.63, 3.8) is 0 Å². The quantitative estimate of drug-likeness (QED) is 0.190. The van der Waals surface area contributed by atoms with Crippen molar-refractivity contribution in [2.45, 2.75) is 50.1 Å². The van der Waals surface area contributed by atoms with E-state index in [4.69, 9.17) is 19.4 Å². The Balaban J connectivity index is 1.24. The number of ether oxygens (including phenoxy) is 2. The number of piperazine rings is 1. The number of hydrogen-bond donors (Lipinski definition) is 0. The molecule has 1 amide bonds. The van der Waals surface area contributed by atoms with Gasteiger partial charge in [0.25, 0.3) is 0 Å². The molecule has 8 nitrogen and oxygen atoms in total. The third-order valence-electron chi connectivity index (χ3n) is 8.06. The lowest BCUT2D eigenvalue weighted by atomic mass is 9.92. The number of fused-ring (bicyclic) bond motifs is 2. The van der Waals surface area contributed by atoms with Gasteiger partial charge in [-0.25, -0.2) is 9.78 Å². The van der Waals surface area contributed by atoms with Crippen molar-refractivity contribution in [2.75, 3.05) is 30.8 Å². The first-order valence-electron chi connectivity index (χ1n) is 14.2. The Labute approximate surface area is 250 Å². The molecule has 4 aromatic rings. The molecular weight excluding hydrogens is 546 g/mol. The van der Waals surface area contributed by atoms with Gasteiger partial charge in [0, 0.05) is 25.2 Å². The first-order valence-corrected chi connectivity index (χ1v) is 15.5. The molecule has 6 rings (SSSR count). The maximum absolute atomic E-state index is 13.0. The van der Waals surface area contributed by atoms with Crippen LogP contribution in [-0.4, -0.2) is 52.9 Å². The van der Waals surface area contributed by atoms with Crippen molar-refractivity contribution in [3.8, 4) is 11.9 Å². The zero-order valence-corrected chi connectivity index (χ0v) is 24.6. The number of carbonyl (C=O) groups is 1. The van der Waals surface area contributed by atoms with E-state index in [1.54, 1.807) is 4.90 Å². The molecule has 3 aromatic carbocycles. The molecule has 1 fully saturated rings. The predicted molar refractivity (Wildman–Crippen MR) is 164 cm³/mol. The molecule has 1 unspecified atom stereocenters. The molecule has 9 heteroatoms. The minimum Gasteiger partial charge on any atom is -0.469 e. The molecule has 0 N–H and O–H groups in total. The SMILES string of the molecule is CSc1nc2c(c(N3CCN(C(=O)OCc4ccccc4)[C@@H](CC#N)C3)n1)CCC(c1cccc3cccc(C)c13)O2. The summed E-state index contributed by atoms with van der Waals surface area (Å²) < 4.78 is 12.2. The van der Waals surface area contributed by atoms with E-state index >= 15 is 0 Å². The minimum atomic E-state index is -0.398. The van der Waals surface area contributed by atoms with Crippen LogP contribution >= 0.6 is 11.8 Å². The minimum absolute atomic E-state index is 0.109. The normalized spacial score (nSPS) is 18.2. The molecular formula is C33H33N5O3S. The Morgan fingerprint density at radius 2 is 1.90 bits per heavy atom. The van der Waals surface area contributed by atoms with E-state index in [-0.39, 0.29) is 25.2 Å². The van der Waals surface area contributed by atoms with Gasteiger partial charge in [-0.1, -0.05) is 78.5 Å². The molecule has 1 aromatic heterocycles. The number of aryl methyl sites for hydroxylation is 1. The Kier molecular flexibility index (Phi) is 8.15. The highest BCUT2D eigenvalue weighted by molar-refractivity contribution is 7.98. The highest BCUT2D eigenvalue weighted by atomic mass is 32.2. The number of nitrogens with zero attached hydrogens (tertiary/aromatic N) is 5. The molecule has 0 radical (unpaired) electrons. The summed E-state index contributed by atoms with van der Waals surface area (Å²) in [6.45, 7) is 3.84. The van der Waals surface area contributed by atoms with Gasteiger partial charge < -0.3 is 19.3 Å². The average Bonchev–Trinajstić information content (AvgIpc) is 3.03. The number of anilines is 1. The monoisotopic (exact) mass is 579 g/mol. The topological polar surface area (TPSA) is 91.6 Å². The van der Waals surface area contributed by atoms with E-state index < -0.39 is 6.09 Å². The smallest absolute Gasteiger partial charge is 0.410 e. The van der Waals surface area contributed by atoms with Crippen LogP contribution in [0.2, 0.25) is 0 Å². The Bertz CT molecular complexity index is 1640. The van der Waals surface area contributed by atoms with Gasteiger partial charge in [-0.3, -0.25) is 0 Å². The van der Waals surface area contributed by atoms with Gasteiger partial charge >= 0.3 is 6.09 Å². The third kappa shape index (κ3) is 5.59. The van der Waals surface area contributed by atoms with Crippen LogP contribution in [0.25, 0.3) is 10.8 Å². The number of rotatable bonds is 6. The van der Waals surface area contributed by atoms with Gasteiger partial charge in [0.1, 0.15) is 18.5 Å². The van der Waals surface area contributed by atoms with E-state index in [0.29, 0.717) is 30.7 Å². The van der Waals surface area contributed by atoms with Gasteiger partial charge in [-0.05, 0) is 47.9 Å². The summed E-state index contributed by atoms with van der Waals surface area (Å²) in [5.41, 5.74) is 4.32. The molecule has 42 heavy (non-hydrogen) atoms. The van der Waals surface area contributed by atoms with Crippen molar-refractivity contribution >= 4 is 34.4 Å². The van der Waals surface area contributed by atoms with E-state index in [0.717, 1.165) is 29.8 Å². The molecule has 3 heterocycles. The van der Waals surface area contributed by atoms with Gasteiger partial charge in [0.15, 0.2) is 5.16 Å². The fourth-order valence-corrected chi connectivity index (χ4v) is 6.34. The second kappa shape index (κ2) is 12.3. The number of carbonyl (C=O) groups excluding carboxylic acids is 1. The average molecular weight is 580 g/mol. The fraction of sp³-hybridized carbons (Fsp3) is 0.333. The molecule has 0 saturated carbocycles. The number of aromatic nitrogens is 2. The molecule has 2 aliphatic rings. The molecule has 1 saturated heterocycles. The van der Waals surface area contributed by atoms with Gasteiger partial charge in [0.2, 0.25) is 5.88 Å². The van der Waals surface area contributed by atoms with Crippen molar-refractivity contribution in [2.24, 2.45) is 0 Å². The van der Waals surface area contributed by atoms with Gasteiger partial charge in [-0.2, -0.15) is 10.2 Å². The van der Waals surface area contributed by atoms with Crippen molar-refractivity contribution in [3.05, 3.63) is 89.0 Å². The van der Waals surface area contributed by atoms with Gasteiger partial charge in [0.05, 0.1) is 24.1 Å². The van der Waals surface area contributed by atoms with Crippen LogP contribution in [-0.2, 0) is 17.8 Å². The summed E-state index contributed by atoms with van der Waals surface area (Å²) in [7, 11) is 0. The number of hydrogen-bond acceptors (Lipinski definition) is 8. The largest absolute Gasteiger partial charge is 0.469 e. The van der Waals surface area contributed by atoms with Crippen LogP contribution in [0.3, 0.4) is 0 Å². The predicted octanol–water partition coefficient (Wildman–Crippen LogP) is 6.47. The van der Waals surface area contributed by atoms with E-state index in [1.807, 2.05) is 36.6 Å². The molecule has 0 bridgehead atoms. The van der Waals surface area contributed by atoms with Crippen molar-refractivity contribution < 1.29 is 14.3 Å². The van der Waals surface area contributed by atoms with Crippen LogP contribution in [0.5, 0.6) is 5.88 Å². The van der Waals surface area contributed by atoms with Crippen molar-refractivity contribution in [1.82, 2.24) is 14.9 Å². The zero-order chi connectivity index (χ0) is 29.1. The molecule has 214 valence electrons. The third-order valence-corrected chi connectivity index (χ3v) is 8.61. The first-order chi connectivity index (χ1) is 20.6. The summed E-state index contributed by atoms with van der Waals surface area (Å²) in [5.74, 6) is 1.45. The summed E-state index contributed by atoms with van der Waals surface area (Å²) in [6.07, 6.45) is 3.24. The Hall–Kier alpha value is -4.29. The molecule has 2 atom stereocenters. The van der Waals surface area contributed by atoms with E-state index in [1.165, 1.54) is 33.7 Å². The summed E-state index contributed by atoms with van der Waals surface area (Å²) in [6, 6.07) is 24.3. The second-order valence-corrected chi connectivity index (χ2v) is 11.5. The number of benzene rings is 3. The first kappa shape index (κ1) is 27.9. The summed E-state index contributed by atoms with van der Waals surface area (Å²) >= 11 is 1.48. The highest BCUT2D eigenvalue weighted by Gasteiger charge is 2.35. The molecule has 2 aliphatic heterocycles. The number of amides is 1. The standard InChI is InChI=1S/C33H33N5O3S/c1-22-8-6-11-24-12-7-13-26(29(22)24)28-15-14-27-30(35-32(42-2)36-31(27)41-28)37-18-19-38(25(20-37)16-17-34)33(39)40-21-23-9-4-3-5-10-23/h3-13,25,28H,14-16,18-21H2,1-2H3/t25-,28?/m0/s1. The Morgan fingerprint density at radius 3 is 2.69 bits per heavy atom. The maximum atomic E-state index is 13.0. The number of thioether (sulfide) groups is 1. The summed E-state index contributed by atoms with van der Waals surface area (Å²) in [4.78, 5) is 26.6. The lowest BCUT2D eigenvalue weighted by Gasteiger charge is -2.41. The second-order valence-electron chi connectivity index (χ2n) is 10.7. The lowest BCUT2D eigenvalue weighted by Crippen LogP contribution is -2.55. The van der Waals surface area contributed by atoms with Crippen LogP contribution < -0.4 is 9.64 Å². The van der Waals surface area contributed by atoms with Gasteiger partial charge in [-0.15, -0.1) is 0 Å². The van der Waals surface area contributed by atoms with Crippen LogP contribution in [0.1, 0.15) is 41.2 Å². The highest BCUT2D eigenvalue weighted by Crippen LogP contribution is 2.41. The molecule has 0 spiro atoms.